The summed E-state index contributed by atoms with van der Waals surface area (Å²) in [5.74, 6) is -0.888. The Labute approximate surface area is 201 Å². The molecule has 1 aromatic carbocycles. The Morgan fingerprint density at radius 2 is 1.09 bits per heavy atom. The van der Waals surface area contributed by atoms with Gasteiger partial charge in [0, 0.05) is 5.57 Å². The van der Waals surface area contributed by atoms with Gasteiger partial charge in [-0.05, 0) is 31.9 Å². The quantitative estimate of drug-likeness (QED) is 0.144. The average Bonchev–Trinajstić information content (AvgIpc) is 2.83. The monoisotopic (exact) mass is 457 g/mol. The van der Waals surface area contributed by atoms with Crippen LogP contribution in [0, 0.1) is 11.3 Å². The average molecular weight is 458 g/mol. The smallest absolute Gasteiger partial charge is 0.339 e. The molecule has 0 saturated carbocycles. The zero-order chi connectivity index (χ0) is 24.7. The highest BCUT2D eigenvalue weighted by molar-refractivity contribution is 6.03. The van der Waals surface area contributed by atoms with Crippen LogP contribution in [0.2, 0.25) is 0 Å². The molecule has 0 aliphatic rings. The topological polar surface area (TPSA) is 76.4 Å². The molecule has 5 nitrogen and oxygen atoms in total. The lowest BCUT2D eigenvalue weighted by atomic mass is 10.1. The minimum atomic E-state index is -0.444. The van der Waals surface area contributed by atoms with E-state index in [1.807, 2.05) is 6.07 Å². The maximum atomic E-state index is 12.4. The number of benzene rings is 1. The van der Waals surface area contributed by atoms with E-state index in [2.05, 4.69) is 20.4 Å². The molecule has 0 fully saturated rings. The van der Waals surface area contributed by atoms with Crippen molar-refractivity contribution < 1.29 is 19.1 Å². The summed E-state index contributed by atoms with van der Waals surface area (Å²) >= 11 is 0. The van der Waals surface area contributed by atoms with Crippen LogP contribution in [0.5, 0.6) is 0 Å². The molecule has 0 aliphatic heterocycles. The lowest BCUT2D eigenvalue weighted by Gasteiger charge is -2.10. The molecule has 0 spiro atoms. The van der Waals surface area contributed by atoms with Crippen LogP contribution in [0.4, 0.5) is 0 Å². The molecule has 0 radical (unpaired) electrons. The first-order valence-corrected chi connectivity index (χ1v) is 12.5. The number of hydrogen-bond acceptors (Lipinski definition) is 5. The number of carbonyl (C=O) groups is 2. The molecule has 0 aromatic heterocycles. The summed E-state index contributed by atoms with van der Waals surface area (Å²) in [5, 5.41) is 7.79. The van der Waals surface area contributed by atoms with Gasteiger partial charge in [0.25, 0.3) is 0 Å². The van der Waals surface area contributed by atoms with E-state index in [-0.39, 0.29) is 0 Å². The SMILES string of the molecule is C=C(C)C#N.CCCCCCCCOC(=O)c1ccccc1C(=O)OCCCCCCCC. The molecule has 0 bridgehead atoms. The molecule has 0 aliphatic carbocycles. The Kier molecular flexibility index (Phi) is 19.6. The van der Waals surface area contributed by atoms with Crippen molar-refractivity contribution in [3.05, 3.63) is 47.5 Å². The normalized spacial score (nSPS) is 9.88. The third kappa shape index (κ3) is 16.7. The number of nitriles is 1. The Morgan fingerprint density at radius 1 is 0.758 bits per heavy atom. The predicted molar refractivity (Wildman–Crippen MR) is 134 cm³/mol. The van der Waals surface area contributed by atoms with Crippen LogP contribution in [0.3, 0.4) is 0 Å². The molecule has 0 heterocycles. The molecule has 0 unspecified atom stereocenters. The summed E-state index contributed by atoms with van der Waals surface area (Å²) in [5.41, 5.74) is 1.15. The van der Waals surface area contributed by atoms with E-state index in [1.165, 1.54) is 51.4 Å². The van der Waals surface area contributed by atoms with Crippen molar-refractivity contribution in [3.8, 4) is 6.07 Å². The molecule has 5 heteroatoms. The first kappa shape index (κ1) is 30.4. The third-order valence-corrected chi connectivity index (χ3v) is 5.02. The van der Waals surface area contributed by atoms with E-state index >= 15 is 0 Å². The van der Waals surface area contributed by atoms with Crippen LogP contribution in [0.25, 0.3) is 0 Å². The van der Waals surface area contributed by atoms with Gasteiger partial charge in [0.1, 0.15) is 0 Å². The van der Waals surface area contributed by atoms with Crippen LogP contribution >= 0.6 is 0 Å². The molecule has 1 rings (SSSR count). The number of esters is 2. The number of nitrogens with zero attached hydrogens (tertiary/aromatic N) is 1. The highest BCUT2D eigenvalue weighted by atomic mass is 16.5. The van der Waals surface area contributed by atoms with Crippen molar-refractivity contribution >= 4 is 11.9 Å². The summed E-state index contributed by atoms with van der Waals surface area (Å²) in [6.07, 6.45) is 13.6. The lowest BCUT2D eigenvalue weighted by molar-refractivity contribution is 0.0450. The summed E-state index contributed by atoms with van der Waals surface area (Å²) in [6, 6.07) is 8.58. The van der Waals surface area contributed by atoms with Crippen molar-refractivity contribution in [2.75, 3.05) is 13.2 Å². The van der Waals surface area contributed by atoms with Gasteiger partial charge in [-0.2, -0.15) is 5.26 Å². The molecule has 0 amide bonds. The fourth-order valence-corrected chi connectivity index (χ4v) is 3.09. The number of hydrogen-bond donors (Lipinski definition) is 0. The third-order valence-electron chi connectivity index (χ3n) is 5.02. The van der Waals surface area contributed by atoms with Gasteiger partial charge in [-0.3, -0.25) is 0 Å². The maximum absolute atomic E-state index is 12.4. The van der Waals surface area contributed by atoms with E-state index in [1.54, 1.807) is 31.2 Å². The second-order valence-electron chi connectivity index (χ2n) is 8.25. The van der Waals surface area contributed by atoms with Crippen LogP contribution in [0.1, 0.15) is 119 Å². The molecule has 0 saturated heterocycles. The molecule has 33 heavy (non-hydrogen) atoms. The van der Waals surface area contributed by atoms with Gasteiger partial charge >= 0.3 is 11.9 Å². The lowest BCUT2D eigenvalue weighted by Crippen LogP contribution is -2.15. The van der Waals surface area contributed by atoms with Crippen LogP contribution < -0.4 is 0 Å². The van der Waals surface area contributed by atoms with Gasteiger partial charge in [0.15, 0.2) is 0 Å². The zero-order valence-electron chi connectivity index (χ0n) is 21.0. The minimum Gasteiger partial charge on any atom is -0.462 e. The van der Waals surface area contributed by atoms with Crippen molar-refractivity contribution in [1.29, 1.82) is 5.26 Å². The molecular formula is C28H43NO4. The summed E-state index contributed by atoms with van der Waals surface area (Å²) in [7, 11) is 0. The second-order valence-corrected chi connectivity index (χ2v) is 8.25. The molecule has 0 N–H and O–H groups in total. The highest BCUT2D eigenvalue weighted by Gasteiger charge is 2.18. The standard InChI is InChI=1S/C24H38O4.C4H5N/c1-3-5-7-9-11-15-19-27-23(25)21-17-13-14-18-22(21)24(26)28-20-16-12-10-8-6-4-2;1-4(2)3-5/h13-14,17-18H,3-12,15-16,19-20H2,1-2H3;1H2,2H3. The van der Waals surface area contributed by atoms with E-state index < -0.39 is 11.9 Å². The fourth-order valence-electron chi connectivity index (χ4n) is 3.09. The first-order valence-electron chi connectivity index (χ1n) is 12.5. The minimum absolute atomic E-state index is 0.293. The van der Waals surface area contributed by atoms with Crippen molar-refractivity contribution in [3.63, 3.8) is 0 Å². The van der Waals surface area contributed by atoms with Crippen molar-refractivity contribution in [2.24, 2.45) is 0 Å². The number of rotatable bonds is 16. The Balaban J connectivity index is 0.00000184. The Hall–Kier alpha value is -2.61. The number of ether oxygens (including phenoxy) is 2. The first-order chi connectivity index (χ1) is 16.0. The molecule has 0 atom stereocenters. The summed E-state index contributed by atoms with van der Waals surface area (Å²) in [4.78, 5) is 24.7. The fraction of sp³-hybridized carbons (Fsp3) is 0.607. The van der Waals surface area contributed by atoms with E-state index in [4.69, 9.17) is 14.7 Å². The molecule has 184 valence electrons. The van der Waals surface area contributed by atoms with Gasteiger partial charge in [-0.25, -0.2) is 9.59 Å². The van der Waals surface area contributed by atoms with Gasteiger partial charge < -0.3 is 9.47 Å². The molecule has 1 aromatic rings. The van der Waals surface area contributed by atoms with Gasteiger partial charge in [-0.1, -0.05) is 96.8 Å². The van der Waals surface area contributed by atoms with Gasteiger partial charge in [-0.15, -0.1) is 0 Å². The highest BCUT2D eigenvalue weighted by Crippen LogP contribution is 2.14. The number of carbonyl (C=O) groups excluding carboxylic acids is 2. The Morgan fingerprint density at radius 3 is 1.42 bits per heavy atom. The summed E-state index contributed by atoms with van der Waals surface area (Å²) < 4.78 is 10.7. The Bertz CT molecular complexity index is 672. The summed E-state index contributed by atoms with van der Waals surface area (Å²) in [6.45, 7) is 10.2. The number of unbranched alkanes of at least 4 members (excludes halogenated alkanes) is 10. The van der Waals surface area contributed by atoms with E-state index in [0.29, 0.717) is 29.9 Å². The van der Waals surface area contributed by atoms with Gasteiger partial charge in [0.2, 0.25) is 0 Å². The predicted octanol–water partition coefficient (Wildman–Crippen LogP) is 7.81. The van der Waals surface area contributed by atoms with Crippen molar-refractivity contribution in [1.82, 2.24) is 0 Å². The van der Waals surface area contributed by atoms with Crippen molar-refractivity contribution in [2.45, 2.75) is 97.8 Å². The van der Waals surface area contributed by atoms with Crippen LogP contribution in [0.15, 0.2) is 36.4 Å². The molecular weight excluding hydrogens is 414 g/mol. The van der Waals surface area contributed by atoms with E-state index in [9.17, 15) is 9.59 Å². The maximum Gasteiger partial charge on any atom is 0.339 e. The van der Waals surface area contributed by atoms with Gasteiger partial charge in [0.05, 0.1) is 30.4 Å². The van der Waals surface area contributed by atoms with Crippen LogP contribution in [-0.4, -0.2) is 25.2 Å². The largest absolute Gasteiger partial charge is 0.462 e. The second kappa shape index (κ2) is 21.2. The van der Waals surface area contributed by atoms with Crippen LogP contribution in [-0.2, 0) is 9.47 Å². The number of allylic oxidation sites excluding steroid dienone is 1. The zero-order valence-corrected chi connectivity index (χ0v) is 21.0. The van der Waals surface area contributed by atoms with E-state index in [0.717, 1.165) is 25.7 Å².